The molecule has 0 aromatic heterocycles. The average molecular weight is 234 g/mol. The Balaban J connectivity index is 1.98. The summed E-state index contributed by atoms with van der Waals surface area (Å²) in [5.41, 5.74) is 6.01. The van der Waals surface area contributed by atoms with E-state index in [1.54, 1.807) is 0 Å². The highest BCUT2D eigenvalue weighted by molar-refractivity contribution is 6.32. The van der Waals surface area contributed by atoms with Crippen LogP contribution in [0, 0.1) is 0 Å². The van der Waals surface area contributed by atoms with E-state index < -0.39 is 0 Å². The molecule has 0 aliphatic carbocycles. The molecule has 0 fully saturated rings. The molecule has 2 aromatic carbocycles. The third-order valence-corrected chi connectivity index (χ3v) is 3.40. The number of hydrogen-bond donors (Lipinski definition) is 0. The van der Waals surface area contributed by atoms with Crippen molar-refractivity contribution in [2.24, 2.45) is 0 Å². The van der Waals surface area contributed by atoms with Gasteiger partial charge in [0.2, 0.25) is 0 Å². The summed E-state index contributed by atoms with van der Waals surface area (Å²) in [6, 6.07) is 14.8. The van der Waals surface area contributed by atoms with Crippen molar-refractivity contribution < 1.29 is 4.74 Å². The van der Waals surface area contributed by atoms with Crippen molar-refractivity contribution in [1.82, 2.24) is 0 Å². The van der Waals surface area contributed by atoms with E-state index in [1.165, 1.54) is 22.2 Å². The fraction of sp³-hybridized carbons (Fsp3) is 0.125. The summed E-state index contributed by atoms with van der Waals surface area (Å²) in [4.78, 5) is 0. The molecule has 2 aromatic rings. The molecule has 1 aliphatic heterocycles. The molecule has 88 valence electrons. The summed E-state index contributed by atoms with van der Waals surface area (Å²) >= 11 is 0. The van der Waals surface area contributed by atoms with Crippen LogP contribution < -0.4 is 10.2 Å². The van der Waals surface area contributed by atoms with Crippen LogP contribution in [0.2, 0.25) is 0 Å². The van der Waals surface area contributed by atoms with Crippen LogP contribution in [0.5, 0.6) is 5.75 Å². The molecule has 1 aliphatic rings. The minimum Gasteiger partial charge on any atom is -0.493 e. The SMILES string of the molecule is Bc1cccc(C(=C)c2ccc3c(c2)CCO3)c1. The molecule has 0 unspecified atom stereocenters. The Kier molecular flexibility index (Phi) is 2.71. The first-order chi connectivity index (χ1) is 8.74. The van der Waals surface area contributed by atoms with E-state index in [0.29, 0.717) is 0 Å². The second kappa shape index (κ2) is 4.38. The zero-order chi connectivity index (χ0) is 12.5. The molecule has 0 bridgehead atoms. The first-order valence-corrected chi connectivity index (χ1v) is 6.26. The molecular formula is C16H15BO. The van der Waals surface area contributed by atoms with E-state index in [4.69, 9.17) is 4.74 Å². The maximum absolute atomic E-state index is 5.53. The molecular weight excluding hydrogens is 219 g/mol. The Morgan fingerprint density at radius 3 is 2.78 bits per heavy atom. The normalized spacial score (nSPS) is 12.9. The van der Waals surface area contributed by atoms with Crippen LogP contribution >= 0.6 is 0 Å². The third kappa shape index (κ3) is 1.95. The predicted octanol–water partition coefficient (Wildman–Crippen LogP) is 1.94. The minimum atomic E-state index is 0.801. The topological polar surface area (TPSA) is 9.23 Å². The number of rotatable bonds is 2. The molecule has 2 heteroatoms. The fourth-order valence-corrected chi connectivity index (χ4v) is 2.37. The third-order valence-electron chi connectivity index (χ3n) is 3.40. The standard InChI is InChI=1S/C16H15BO/c1-11(12-3-2-4-15(17)10-12)13-5-6-16-14(9-13)7-8-18-16/h2-6,9-10H,1,7-8,17H2. The zero-order valence-corrected chi connectivity index (χ0v) is 10.6. The number of benzene rings is 2. The molecule has 0 spiro atoms. The van der Waals surface area contributed by atoms with Crippen LogP contribution in [0.4, 0.5) is 0 Å². The van der Waals surface area contributed by atoms with Crippen molar-refractivity contribution in [3.8, 4) is 5.75 Å². The van der Waals surface area contributed by atoms with Crippen LogP contribution in [-0.4, -0.2) is 14.5 Å². The quantitative estimate of drug-likeness (QED) is 0.721. The van der Waals surface area contributed by atoms with Gasteiger partial charge in [0.15, 0.2) is 0 Å². The largest absolute Gasteiger partial charge is 0.493 e. The Labute approximate surface area is 109 Å². The average Bonchev–Trinajstić information content (AvgIpc) is 2.85. The van der Waals surface area contributed by atoms with Crippen LogP contribution in [0.25, 0.3) is 5.57 Å². The lowest BCUT2D eigenvalue weighted by molar-refractivity contribution is 0.357. The summed E-state index contributed by atoms with van der Waals surface area (Å²) in [7, 11) is 2.10. The molecule has 3 rings (SSSR count). The lowest BCUT2D eigenvalue weighted by Gasteiger charge is -2.09. The van der Waals surface area contributed by atoms with Gasteiger partial charge >= 0.3 is 0 Å². The van der Waals surface area contributed by atoms with Crippen molar-refractivity contribution in [2.45, 2.75) is 6.42 Å². The molecule has 0 atom stereocenters. The molecule has 1 nitrogen and oxygen atoms in total. The Bertz CT molecular complexity index is 616. The maximum atomic E-state index is 5.53. The fourth-order valence-electron chi connectivity index (χ4n) is 2.37. The number of fused-ring (bicyclic) bond motifs is 1. The molecule has 0 saturated heterocycles. The summed E-state index contributed by atoms with van der Waals surface area (Å²) in [6.45, 7) is 5.02. The molecule has 18 heavy (non-hydrogen) atoms. The second-order valence-corrected chi connectivity index (χ2v) is 4.77. The van der Waals surface area contributed by atoms with Gasteiger partial charge in [-0.3, -0.25) is 0 Å². The first-order valence-electron chi connectivity index (χ1n) is 6.26. The van der Waals surface area contributed by atoms with Crippen molar-refractivity contribution in [3.63, 3.8) is 0 Å². The van der Waals surface area contributed by atoms with Crippen LogP contribution in [0.1, 0.15) is 16.7 Å². The molecule has 0 amide bonds. The van der Waals surface area contributed by atoms with Gasteiger partial charge in [-0.2, -0.15) is 0 Å². The summed E-state index contributed by atoms with van der Waals surface area (Å²) in [5, 5.41) is 0. The van der Waals surface area contributed by atoms with Gasteiger partial charge in [-0.1, -0.05) is 42.4 Å². The van der Waals surface area contributed by atoms with Gasteiger partial charge in [-0.25, -0.2) is 0 Å². The lowest BCUT2D eigenvalue weighted by atomic mass is 9.90. The molecule has 0 N–H and O–H groups in total. The van der Waals surface area contributed by atoms with Crippen molar-refractivity contribution >= 4 is 18.9 Å². The van der Waals surface area contributed by atoms with Gasteiger partial charge < -0.3 is 4.74 Å². The maximum Gasteiger partial charge on any atom is 0.139 e. The first kappa shape index (κ1) is 11.2. The van der Waals surface area contributed by atoms with Crippen LogP contribution in [-0.2, 0) is 6.42 Å². The van der Waals surface area contributed by atoms with E-state index in [2.05, 4.69) is 56.9 Å². The highest BCUT2D eigenvalue weighted by Crippen LogP contribution is 2.30. The summed E-state index contributed by atoms with van der Waals surface area (Å²) < 4.78 is 5.53. The van der Waals surface area contributed by atoms with Crippen LogP contribution in [0.3, 0.4) is 0 Å². The van der Waals surface area contributed by atoms with Gasteiger partial charge in [0.25, 0.3) is 0 Å². The predicted molar refractivity (Wildman–Crippen MR) is 78.4 cm³/mol. The van der Waals surface area contributed by atoms with Gasteiger partial charge in [0.05, 0.1) is 6.61 Å². The van der Waals surface area contributed by atoms with Gasteiger partial charge in [0, 0.05) is 6.42 Å². The Hall–Kier alpha value is -1.96. The highest BCUT2D eigenvalue weighted by atomic mass is 16.5. The van der Waals surface area contributed by atoms with E-state index in [-0.39, 0.29) is 0 Å². The lowest BCUT2D eigenvalue weighted by Crippen LogP contribution is -2.02. The van der Waals surface area contributed by atoms with E-state index in [9.17, 15) is 0 Å². The van der Waals surface area contributed by atoms with Crippen molar-refractivity contribution in [1.29, 1.82) is 0 Å². The van der Waals surface area contributed by atoms with E-state index in [0.717, 1.165) is 24.4 Å². The Morgan fingerprint density at radius 2 is 1.94 bits per heavy atom. The second-order valence-electron chi connectivity index (χ2n) is 4.77. The molecule has 0 saturated carbocycles. The number of hydrogen-bond acceptors (Lipinski definition) is 1. The summed E-state index contributed by atoms with van der Waals surface area (Å²) in [5.74, 6) is 1.02. The molecule has 1 heterocycles. The highest BCUT2D eigenvalue weighted by Gasteiger charge is 2.13. The Morgan fingerprint density at radius 1 is 1.11 bits per heavy atom. The zero-order valence-electron chi connectivity index (χ0n) is 10.6. The van der Waals surface area contributed by atoms with Gasteiger partial charge in [-0.15, -0.1) is 0 Å². The van der Waals surface area contributed by atoms with Crippen molar-refractivity contribution in [2.75, 3.05) is 6.61 Å². The van der Waals surface area contributed by atoms with E-state index >= 15 is 0 Å². The monoisotopic (exact) mass is 234 g/mol. The van der Waals surface area contributed by atoms with Gasteiger partial charge in [-0.05, 0) is 34.4 Å². The number of ether oxygens (including phenoxy) is 1. The van der Waals surface area contributed by atoms with E-state index in [1.807, 2.05) is 0 Å². The smallest absolute Gasteiger partial charge is 0.139 e. The van der Waals surface area contributed by atoms with Crippen LogP contribution in [0.15, 0.2) is 49.0 Å². The molecule has 0 radical (unpaired) electrons. The minimum absolute atomic E-state index is 0.801. The van der Waals surface area contributed by atoms with Gasteiger partial charge in [0.1, 0.15) is 13.6 Å². The van der Waals surface area contributed by atoms with Crippen molar-refractivity contribution in [3.05, 3.63) is 65.7 Å². The summed E-state index contributed by atoms with van der Waals surface area (Å²) in [6.07, 6.45) is 1.00.